The maximum absolute atomic E-state index is 13.7. The van der Waals surface area contributed by atoms with E-state index in [0.29, 0.717) is 11.0 Å². The molecule has 0 spiro atoms. The van der Waals surface area contributed by atoms with Crippen molar-refractivity contribution in [3.05, 3.63) is 111 Å². The van der Waals surface area contributed by atoms with E-state index in [9.17, 15) is 4.39 Å². The van der Waals surface area contributed by atoms with Gasteiger partial charge in [0.1, 0.15) is 30.0 Å². The minimum atomic E-state index is -0.397. The Hall–Kier alpha value is -3.16. The lowest BCUT2D eigenvalue weighted by Gasteiger charge is -2.39. The Kier molecular flexibility index (Phi) is 4.55. The molecule has 2 atom stereocenters. The predicted molar refractivity (Wildman–Crippen MR) is 124 cm³/mol. The number of benzene rings is 3. The summed E-state index contributed by atoms with van der Waals surface area (Å²) in [4.78, 5) is 4.40. The summed E-state index contributed by atoms with van der Waals surface area (Å²) in [7, 11) is 0. The number of nitrogens with one attached hydrogen (secondary N) is 1. The third-order valence-electron chi connectivity index (χ3n) is 5.73. The molecular weight excluding hydrogens is 495 g/mol. The molecule has 0 saturated carbocycles. The number of hydrogen-bond donors (Lipinski definition) is 1. The zero-order valence-corrected chi connectivity index (χ0v) is 18.8. The second-order valence-electron chi connectivity index (χ2n) is 7.63. The normalized spacial score (nSPS) is 18.8. The van der Waals surface area contributed by atoms with Crippen LogP contribution < -0.4 is 10.1 Å². The third-order valence-corrected chi connectivity index (χ3v) is 6.50. The number of nitrogens with zero attached hydrogens (tertiary/aromatic N) is 3. The molecule has 0 unspecified atom stereocenters. The summed E-state index contributed by atoms with van der Waals surface area (Å²) in [5, 5.41) is 8.51. The van der Waals surface area contributed by atoms with Crippen molar-refractivity contribution in [3.8, 4) is 5.75 Å². The standard InChI is InChI=1S/C24H15BrClFN4O/c25-15-5-1-14(2-6-15)23-20-21(18-11-16(26)7-10-19(18)32-23)30-24-28-12-29-31(24)22(20)13-3-8-17(27)9-4-13/h1-12,22-23H,(H,28,29,30)/t22-,23-/m0/s1. The van der Waals surface area contributed by atoms with Crippen LogP contribution in [0.2, 0.25) is 5.02 Å². The van der Waals surface area contributed by atoms with Crippen LogP contribution in [0.25, 0.3) is 5.70 Å². The van der Waals surface area contributed by atoms with Crippen molar-refractivity contribution >= 4 is 39.2 Å². The Morgan fingerprint density at radius 3 is 2.53 bits per heavy atom. The quantitative estimate of drug-likeness (QED) is 0.340. The van der Waals surface area contributed by atoms with Gasteiger partial charge in [-0.05, 0) is 53.6 Å². The number of rotatable bonds is 2. The molecule has 1 aromatic heterocycles. The summed E-state index contributed by atoms with van der Waals surface area (Å²) < 4.78 is 23.1. The number of aromatic nitrogens is 3. The Bertz CT molecular complexity index is 1370. The molecule has 158 valence electrons. The Morgan fingerprint density at radius 1 is 1.00 bits per heavy atom. The van der Waals surface area contributed by atoms with Crippen LogP contribution >= 0.6 is 27.5 Å². The van der Waals surface area contributed by atoms with Crippen molar-refractivity contribution in [3.63, 3.8) is 0 Å². The first-order chi connectivity index (χ1) is 15.6. The van der Waals surface area contributed by atoms with E-state index in [-0.39, 0.29) is 11.9 Å². The molecule has 4 aromatic rings. The molecule has 1 N–H and O–H groups in total. The molecule has 2 aliphatic heterocycles. The maximum atomic E-state index is 13.7. The van der Waals surface area contributed by atoms with Crippen molar-refractivity contribution in [2.24, 2.45) is 0 Å². The molecule has 0 aliphatic carbocycles. The molecule has 0 amide bonds. The average molecular weight is 510 g/mol. The Morgan fingerprint density at radius 2 is 1.75 bits per heavy atom. The van der Waals surface area contributed by atoms with Gasteiger partial charge in [-0.15, -0.1) is 0 Å². The zero-order chi connectivity index (χ0) is 21.8. The van der Waals surface area contributed by atoms with Gasteiger partial charge >= 0.3 is 0 Å². The smallest absolute Gasteiger partial charge is 0.226 e. The second kappa shape index (κ2) is 7.46. The fourth-order valence-corrected chi connectivity index (χ4v) is 4.76. The van der Waals surface area contributed by atoms with Crippen molar-refractivity contribution < 1.29 is 9.13 Å². The molecule has 2 aliphatic rings. The zero-order valence-electron chi connectivity index (χ0n) is 16.5. The lowest BCUT2D eigenvalue weighted by molar-refractivity contribution is 0.223. The van der Waals surface area contributed by atoms with Gasteiger partial charge in [0.2, 0.25) is 5.95 Å². The summed E-state index contributed by atoms with van der Waals surface area (Å²) in [6, 6.07) is 19.7. The molecule has 8 heteroatoms. The average Bonchev–Trinajstić information content (AvgIpc) is 3.27. The minimum Gasteiger partial charge on any atom is -0.480 e. The number of anilines is 1. The van der Waals surface area contributed by atoms with E-state index >= 15 is 0 Å². The molecule has 3 heterocycles. The van der Waals surface area contributed by atoms with Gasteiger partial charge in [-0.3, -0.25) is 0 Å². The molecule has 3 aromatic carbocycles. The fraction of sp³-hybridized carbons (Fsp3) is 0.0833. The van der Waals surface area contributed by atoms with Crippen LogP contribution in [0.3, 0.4) is 0 Å². The van der Waals surface area contributed by atoms with E-state index in [2.05, 4.69) is 31.3 Å². The van der Waals surface area contributed by atoms with Gasteiger partial charge < -0.3 is 10.1 Å². The van der Waals surface area contributed by atoms with Gasteiger partial charge in [-0.25, -0.2) is 9.07 Å². The number of fused-ring (bicyclic) bond motifs is 3. The van der Waals surface area contributed by atoms with Crippen LogP contribution in [-0.2, 0) is 0 Å². The van der Waals surface area contributed by atoms with Crippen LogP contribution in [0.5, 0.6) is 5.75 Å². The van der Waals surface area contributed by atoms with E-state index < -0.39 is 6.10 Å². The van der Waals surface area contributed by atoms with Gasteiger partial charge in [0, 0.05) is 20.6 Å². The van der Waals surface area contributed by atoms with E-state index in [1.54, 1.807) is 16.8 Å². The molecule has 0 bridgehead atoms. The predicted octanol–water partition coefficient (Wildman–Crippen LogP) is 6.39. The molecule has 5 nitrogen and oxygen atoms in total. The van der Waals surface area contributed by atoms with Crippen LogP contribution in [-0.4, -0.2) is 14.8 Å². The van der Waals surface area contributed by atoms with E-state index in [1.165, 1.54) is 18.5 Å². The molecule has 0 fully saturated rings. The SMILES string of the molecule is Fc1ccc([C@H]2C3=C(Nc4ncnn42)c2cc(Cl)ccc2O[C@H]3c2ccc(Br)cc2)cc1. The molecule has 0 saturated heterocycles. The molecular formula is C24H15BrClFN4O. The number of ether oxygens (including phenoxy) is 1. The molecule has 32 heavy (non-hydrogen) atoms. The summed E-state index contributed by atoms with van der Waals surface area (Å²) >= 11 is 9.85. The van der Waals surface area contributed by atoms with Crippen molar-refractivity contribution in [1.82, 2.24) is 14.8 Å². The topological polar surface area (TPSA) is 52.0 Å². The summed E-state index contributed by atoms with van der Waals surface area (Å²) in [6.07, 6.45) is 1.11. The summed E-state index contributed by atoms with van der Waals surface area (Å²) in [5.74, 6) is 1.03. The van der Waals surface area contributed by atoms with Crippen molar-refractivity contribution in [2.75, 3.05) is 5.32 Å². The second-order valence-corrected chi connectivity index (χ2v) is 8.98. The highest BCUT2D eigenvalue weighted by atomic mass is 79.9. The largest absolute Gasteiger partial charge is 0.480 e. The van der Waals surface area contributed by atoms with Crippen LogP contribution in [0.15, 0.2) is 83.1 Å². The van der Waals surface area contributed by atoms with Crippen LogP contribution in [0.1, 0.15) is 28.8 Å². The Balaban J connectivity index is 1.63. The first-order valence-electron chi connectivity index (χ1n) is 9.96. The van der Waals surface area contributed by atoms with Gasteiger partial charge in [0.05, 0.1) is 5.70 Å². The third kappa shape index (κ3) is 3.12. The summed E-state index contributed by atoms with van der Waals surface area (Å²) in [5.41, 5.74) is 4.53. The maximum Gasteiger partial charge on any atom is 0.226 e. The van der Waals surface area contributed by atoms with Gasteiger partial charge in [0.15, 0.2) is 0 Å². The van der Waals surface area contributed by atoms with Crippen molar-refractivity contribution in [2.45, 2.75) is 12.1 Å². The highest BCUT2D eigenvalue weighted by Gasteiger charge is 2.41. The highest BCUT2D eigenvalue weighted by molar-refractivity contribution is 9.10. The fourth-order valence-electron chi connectivity index (χ4n) is 4.32. The molecule has 0 radical (unpaired) electrons. The number of hydrogen-bond acceptors (Lipinski definition) is 4. The van der Waals surface area contributed by atoms with Crippen molar-refractivity contribution in [1.29, 1.82) is 0 Å². The van der Waals surface area contributed by atoms with Gasteiger partial charge in [-0.2, -0.15) is 10.1 Å². The van der Waals surface area contributed by atoms with E-state index in [4.69, 9.17) is 16.3 Å². The number of halogens is 3. The van der Waals surface area contributed by atoms with Crippen LogP contribution in [0.4, 0.5) is 10.3 Å². The minimum absolute atomic E-state index is 0.294. The lowest BCUT2D eigenvalue weighted by Crippen LogP contribution is -2.32. The van der Waals surface area contributed by atoms with E-state index in [0.717, 1.165) is 38.2 Å². The monoisotopic (exact) mass is 508 g/mol. The van der Waals surface area contributed by atoms with E-state index in [1.807, 2.05) is 42.5 Å². The highest BCUT2D eigenvalue weighted by Crippen LogP contribution is 2.51. The van der Waals surface area contributed by atoms with Gasteiger partial charge in [-0.1, -0.05) is 51.8 Å². The summed E-state index contributed by atoms with van der Waals surface area (Å²) in [6.45, 7) is 0. The first-order valence-corrected chi connectivity index (χ1v) is 11.1. The van der Waals surface area contributed by atoms with Crippen LogP contribution in [0, 0.1) is 5.82 Å². The Labute approximate surface area is 196 Å². The first kappa shape index (κ1) is 19.5. The van der Waals surface area contributed by atoms with Gasteiger partial charge in [0.25, 0.3) is 0 Å². The lowest BCUT2D eigenvalue weighted by atomic mass is 9.84. The molecule has 6 rings (SSSR count).